The fraction of sp³-hybridized carbons (Fsp3) is 0.273. The Morgan fingerprint density at radius 2 is 1.68 bits per heavy atom. The highest BCUT2D eigenvalue weighted by atomic mass is 32.2. The first-order valence-corrected chi connectivity index (χ1v) is 10.2. The van der Waals surface area contributed by atoms with E-state index in [2.05, 4.69) is 9.99 Å². The number of nitrogens with zero attached hydrogens (tertiary/aromatic N) is 2. The zero-order chi connectivity index (χ0) is 23.0. The molecule has 164 valence electrons. The van der Waals surface area contributed by atoms with Gasteiger partial charge in [0.15, 0.2) is 0 Å². The van der Waals surface area contributed by atoms with Gasteiger partial charge in [0.05, 0.1) is 12.3 Å². The predicted octanol–water partition coefficient (Wildman–Crippen LogP) is 3.31. The van der Waals surface area contributed by atoms with Crippen LogP contribution in [0.3, 0.4) is 0 Å². The number of carbonyl (C=O) groups is 3. The summed E-state index contributed by atoms with van der Waals surface area (Å²) in [7, 11) is 1.58. The highest BCUT2D eigenvalue weighted by Gasteiger charge is 2.20. The van der Waals surface area contributed by atoms with E-state index in [1.165, 1.54) is 37.4 Å². The first-order chi connectivity index (χ1) is 14.7. The highest BCUT2D eigenvalue weighted by Crippen LogP contribution is 2.33. The van der Waals surface area contributed by atoms with Crippen LogP contribution in [-0.4, -0.2) is 48.7 Å². The van der Waals surface area contributed by atoms with Crippen LogP contribution in [0.5, 0.6) is 5.75 Å². The summed E-state index contributed by atoms with van der Waals surface area (Å²) in [5, 5.41) is 12.4. The molecule has 0 saturated heterocycles. The number of hydrogen-bond acceptors (Lipinski definition) is 8. The lowest BCUT2D eigenvalue weighted by Gasteiger charge is -2.19. The molecule has 9 heteroatoms. The van der Waals surface area contributed by atoms with Crippen LogP contribution < -0.4 is 9.64 Å². The Kier molecular flexibility index (Phi) is 8.77. The second kappa shape index (κ2) is 11.3. The van der Waals surface area contributed by atoms with Crippen LogP contribution in [-0.2, 0) is 14.4 Å². The Labute approximate surface area is 184 Å². The Bertz CT molecular complexity index is 988. The number of rotatable bonds is 9. The minimum atomic E-state index is -0.632. The number of Topliss-reactive ketones (excluding diaryl/α,β-unsaturated/α-hetero) is 1. The lowest BCUT2D eigenvalue weighted by atomic mass is 10.0. The van der Waals surface area contributed by atoms with Crippen molar-refractivity contribution in [2.75, 3.05) is 25.2 Å². The zero-order valence-corrected chi connectivity index (χ0v) is 18.6. The largest absolute Gasteiger partial charge is 0.491 e. The van der Waals surface area contributed by atoms with Crippen molar-refractivity contribution in [2.45, 2.75) is 30.6 Å². The lowest BCUT2D eigenvalue weighted by molar-refractivity contribution is -0.140. The van der Waals surface area contributed by atoms with Crippen LogP contribution in [0.1, 0.15) is 31.1 Å². The van der Waals surface area contributed by atoms with Gasteiger partial charge in [0, 0.05) is 36.2 Å². The maximum Gasteiger partial charge on any atom is 0.331 e. The minimum Gasteiger partial charge on any atom is -0.491 e. The molecule has 2 aromatic rings. The van der Waals surface area contributed by atoms with E-state index in [1.807, 2.05) is 12.1 Å². The van der Waals surface area contributed by atoms with Crippen molar-refractivity contribution >= 4 is 40.8 Å². The molecule has 0 bridgehead atoms. The van der Waals surface area contributed by atoms with Gasteiger partial charge in [-0.3, -0.25) is 9.59 Å². The average molecular weight is 445 g/mol. The Hall–Kier alpha value is -3.17. The number of amides is 1. The lowest BCUT2D eigenvalue weighted by Crippen LogP contribution is -2.26. The highest BCUT2D eigenvalue weighted by molar-refractivity contribution is 7.99. The molecule has 1 amide bonds. The van der Waals surface area contributed by atoms with Crippen molar-refractivity contribution in [1.82, 2.24) is 0 Å². The van der Waals surface area contributed by atoms with Crippen molar-refractivity contribution in [3.05, 3.63) is 48.0 Å². The number of carbonyl (C=O) groups excluding carboxylic acids is 3. The predicted molar refractivity (Wildman–Crippen MR) is 118 cm³/mol. The van der Waals surface area contributed by atoms with Crippen LogP contribution >= 0.6 is 11.8 Å². The normalized spacial score (nSPS) is 11.1. The minimum absolute atomic E-state index is 0.00715. The number of oxime groups is 1. The van der Waals surface area contributed by atoms with Gasteiger partial charge in [-0.25, -0.2) is 4.79 Å². The first-order valence-electron chi connectivity index (χ1n) is 9.39. The third kappa shape index (κ3) is 6.94. The molecular weight excluding hydrogens is 420 g/mol. The summed E-state index contributed by atoms with van der Waals surface area (Å²) < 4.78 is 5.35. The number of ketones is 1. The van der Waals surface area contributed by atoms with E-state index in [1.54, 1.807) is 37.4 Å². The topological polar surface area (TPSA) is 106 Å². The summed E-state index contributed by atoms with van der Waals surface area (Å²) in [6.45, 7) is 4.19. The molecule has 0 saturated carbocycles. The summed E-state index contributed by atoms with van der Waals surface area (Å²) in [5.41, 5.74) is 0.679. The molecule has 0 aliphatic heterocycles. The summed E-state index contributed by atoms with van der Waals surface area (Å²) >= 11 is 1.45. The van der Waals surface area contributed by atoms with Crippen molar-refractivity contribution in [2.24, 2.45) is 5.16 Å². The van der Waals surface area contributed by atoms with Gasteiger partial charge in [0.25, 0.3) is 0 Å². The van der Waals surface area contributed by atoms with E-state index in [4.69, 9.17) is 9.84 Å². The van der Waals surface area contributed by atoms with Crippen LogP contribution in [0.4, 0.5) is 5.69 Å². The molecule has 8 nitrogen and oxygen atoms in total. The van der Waals surface area contributed by atoms with Gasteiger partial charge in [-0.2, -0.15) is 0 Å². The molecule has 0 aliphatic rings. The molecule has 0 fully saturated rings. The molecule has 0 unspecified atom stereocenters. The van der Waals surface area contributed by atoms with E-state index in [9.17, 15) is 14.4 Å². The monoisotopic (exact) mass is 444 g/mol. The Morgan fingerprint density at radius 3 is 2.26 bits per heavy atom. The maximum absolute atomic E-state index is 12.8. The molecular formula is C22H24N2O6S. The molecule has 0 atom stereocenters. The van der Waals surface area contributed by atoms with Crippen LogP contribution in [0.2, 0.25) is 0 Å². The number of benzene rings is 2. The molecule has 1 N–H and O–H groups in total. The fourth-order valence-electron chi connectivity index (χ4n) is 2.49. The van der Waals surface area contributed by atoms with E-state index in [0.717, 1.165) is 9.79 Å². The molecule has 31 heavy (non-hydrogen) atoms. The van der Waals surface area contributed by atoms with Crippen molar-refractivity contribution < 1.29 is 29.1 Å². The molecule has 0 aliphatic carbocycles. The third-order valence-electron chi connectivity index (χ3n) is 4.11. The average Bonchev–Trinajstić information content (AvgIpc) is 2.75. The van der Waals surface area contributed by atoms with Gasteiger partial charge in [0.2, 0.25) is 11.7 Å². The number of ether oxygens (including phenoxy) is 1. The van der Waals surface area contributed by atoms with Crippen molar-refractivity contribution in [3.63, 3.8) is 0 Å². The van der Waals surface area contributed by atoms with E-state index < -0.39 is 11.8 Å². The molecule has 0 aromatic heterocycles. The quantitative estimate of drug-likeness (QED) is 0.274. The molecule has 0 spiro atoms. The maximum atomic E-state index is 12.8. The van der Waals surface area contributed by atoms with Gasteiger partial charge in [-0.05, 0) is 49.4 Å². The van der Waals surface area contributed by atoms with Crippen LogP contribution in [0.15, 0.2) is 57.4 Å². The Morgan fingerprint density at radius 1 is 1.03 bits per heavy atom. The number of aliphatic hydroxyl groups is 1. The van der Waals surface area contributed by atoms with Gasteiger partial charge in [0.1, 0.15) is 18.1 Å². The SMILES string of the molecule is CC(=O)O/N=C(\C)C(=O)c1ccc(Sc2ccc(OCCO)cc2)cc1N(C)C(C)=O. The van der Waals surface area contributed by atoms with E-state index >= 15 is 0 Å². The standard InChI is InChI=1S/C22H24N2O6S/c1-14(23-30-16(3)27)22(28)20-10-9-19(13-21(20)24(4)15(2)26)31-18-7-5-17(6-8-18)29-12-11-25/h5-10,13,25H,11-12H2,1-4H3/b23-14+. The van der Waals surface area contributed by atoms with Gasteiger partial charge in [-0.15, -0.1) is 0 Å². The first kappa shape index (κ1) is 24.1. The third-order valence-corrected chi connectivity index (χ3v) is 5.10. The molecule has 2 rings (SSSR count). The van der Waals surface area contributed by atoms with Gasteiger partial charge >= 0.3 is 5.97 Å². The smallest absolute Gasteiger partial charge is 0.331 e. The van der Waals surface area contributed by atoms with E-state index in [0.29, 0.717) is 11.4 Å². The zero-order valence-electron chi connectivity index (χ0n) is 17.7. The van der Waals surface area contributed by atoms with Crippen LogP contribution in [0, 0.1) is 0 Å². The summed E-state index contributed by atoms with van der Waals surface area (Å²) in [4.78, 5) is 43.4. The van der Waals surface area contributed by atoms with Gasteiger partial charge in [-0.1, -0.05) is 16.9 Å². The number of anilines is 1. The van der Waals surface area contributed by atoms with Crippen LogP contribution in [0.25, 0.3) is 0 Å². The fourth-order valence-corrected chi connectivity index (χ4v) is 3.34. The molecule has 0 heterocycles. The molecule has 2 aromatic carbocycles. The Balaban J connectivity index is 2.32. The summed E-state index contributed by atoms with van der Waals surface area (Å²) in [5.74, 6) is -0.672. The van der Waals surface area contributed by atoms with Crippen molar-refractivity contribution in [1.29, 1.82) is 0 Å². The second-order valence-corrected chi connectivity index (χ2v) is 7.64. The van der Waals surface area contributed by atoms with Gasteiger partial charge < -0.3 is 19.6 Å². The summed E-state index contributed by atoms with van der Waals surface area (Å²) in [6.07, 6.45) is 0. The number of aliphatic hydroxyl groups excluding tert-OH is 1. The van der Waals surface area contributed by atoms with Crippen molar-refractivity contribution in [3.8, 4) is 5.75 Å². The summed E-state index contributed by atoms with van der Waals surface area (Å²) in [6, 6.07) is 12.5. The second-order valence-electron chi connectivity index (χ2n) is 6.49. The number of hydrogen-bond donors (Lipinski definition) is 1. The van der Waals surface area contributed by atoms with E-state index in [-0.39, 0.29) is 30.4 Å². The molecule has 0 radical (unpaired) electrons.